The molecule has 0 aliphatic heterocycles. The molecule has 3 nitrogen and oxygen atoms in total. The summed E-state index contributed by atoms with van der Waals surface area (Å²) in [4.78, 5) is 12.6. The second-order valence-corrected chi connectivity index (χ2v) is 15.5. The van der Waals surface area contributed by atoms with Crippen LogP contribution in [0.4, 0.5) is 0 Å². The Hall–Kier alpha value is -0.830. The summed E-state index contributed by atoms with van der Waals surface area (Å²) >= 11 is 0. The Labute approximate surface area is 228 Å². The Morgan fingerprint density at radius 2 is 1.78 bits per heavy atom. The SMILES string of the molecule is CC[C@H](CC[C@@H](C)[C@H]1CC[C@H]2[C@@H]3CC[C@H]4C[C@@H](OC(=O)C(C)(C)C)CC[C@]4(C)C3=C[C@@H](O)[C@]12C)C(C)C. The van der Waals surface area contributed by atoms with Gasteiger partial charge in [-0.2, -0.15) is 0 Å². The fraction of sp³-hybridized carbons (Fsp3) is 0.912. The zero-order valence-corrected chi connectivity index (χ0v) is 25.6. The summed E-state index contributed by atoms with van der Waals surface area (Å²) in [6.07, 6.45) is 14.0. The van der Waals surface area contributed by atoms with E-state index >= 15 is 0 Å². The molecular weight excluding hydrogens is 456 g/mol. The average Bonchev–Trinajstić information content (AvgIpc) is 3.18. The zero-order valence-electron chi connectivity index (χ0n) is 25.6. The van der Waals surface area contributed by atoms with Crippen LogP contribution in [0.5, 0.6) is 0 Å². The van der Waals surface area contributed by atoms with Crippen molar-refractivity contribution in [1.82, 2.24) is 0 Å². The zero-order chi connectivity index (χ0) is 27.3. The van der Waals surface area contributed by atoms with E-state index in [1.165, 1.54) is 44.9 Å². The molecule has 3 fully saturated rings. The lowest BCUT2D eigenvalue weighted by atomic mass is 9.47. The first-order chi connectivity index (χ1) is 17.2. The predicted octanol–water partition coefficient (Wildman–Crippen LogP) is 8.59. The second-order valence-electron chi connectivity index (χ2n) is 15.5. The molecule has 3 heteroatoms. The summed E-state index contributed by atoms with van der Waals surface area (Å²) in [5.74, 6) is 4.59. The van der Waals surface area contributed by atoms with Crippen LogP contribution in [-0.2, 0) is 9.53 Å². The van der Waals surface area contributed by atoms with Crippen molar-refractivity contribution in [2.24, 2.45) is 57.7 Å². The maximum Gasteiger partial charge on any atom is 0.311 e. The quantitative estimate of drug-likeness (QED) is 0.273. The lowest BCUT2D eigenvalue weighted by molar-refractivity contribution is -0.163. The topological polar surface area (TPSA) is 46.5 Å². The minimum Gasteiger partial charge on any atom is -0.462 e. The molecule has 0 saturated heterocycles. The van der Waals surface area contributed by atoms with Crippen molar-refractivity contribution in [3.63, 3.8) is 0 Å². The van der Waals surface area contributed by atoms with Gasteiger partial charge in [-0.15, -0.1) is 0 Å². The number of hydrogen-bond acceptors (Lipinski definition) is 3. The van der Waals surface area contributed by atoms with E-state index < -0.39 is 5.41 Å². The highest BCUT2D eigenvalue weighted by molar-refractivity contribution is 5.75. The molecule has 0 aromatic carbocycles. The number of hydrogen-bond donors (Lipinski definition) is 1. The van der Waals surface area contributed by atoms with E-state index in [9.17, 15) is 9.90 Å². The van der Waals surface area contributed by atoms with E-state index in [1.54, 1.807) is 5.57 Å². The molecule has 0 unspecified atom stereocenters. The highest BCUT2D eigenvalue weighted by atomic mass is 16.5. The van der Waals surface area contributed by atoms with Crippen LogP contribution in [0.15, 0.2) is 11.6 Å². The predicted molar refractivity (Wildman–Crippen MR) is 153 cm³/mol. The first-order valence-electron chi connectivity index (χ1n) is 15.8. The van der Waals surface area contributed by atoms with Gasteiger partial charge < -0.3 is 9.84 Å². The van der Waals surface area contributed by atoms with Gasteiger partial charge in [-0.3, -0.25) is 4.79 Å². The normalized spacial score (nSPS) is 41.3. The molecule has 3 saturated carbocycles. The number of carbonyl (C=O) groups excluding carboxylic acids is 1. The van der Waals surface area contributed by atoms with E-state index in [2.05, 4.69) is 47.6 Å². The van der Waals surface area contributed by atoms with Crippen molar-refractivity contribution < 1.29 is 14.6 Å². The first kappa shape index (κ1) is 29.2. The number of aliphatic hydroxyl groups is 1. The number of aliphatic hydroxyl groups excluding tert-OH is 1. The number of allylic oxidation sites excluding steroid dienone is 1. The average molecular weight is 515 g/mol. The summed E-state index contributed by atoms with van der Waals surface area (Å²) in [7, 11) is 0. The van der Waals surface area contributed by atoms with Crippen LogP contribution in [0.1, 0.15) is 127 Å². The van der Waals surface area contributed by atoms with Gasteiger partial charge in [0, 0.05) is 5.41 Å². The van der Waals surface area contributed by atoms with Crippen molar-refractivity contribution in [2.75, 3.05) is 0 Å². The van der Waals surface area contributed by atoms with Gasteiger partial charge in [-0.05, 0) is 119 Å². The molecule has 0 bridgehead atoms. The third-order valence-corrected chi connectivity index (χ3v) is 12.2. The highest BCUT2D eigenvalue weighted by Gasteiger charge is 2.61. The molecule has 37 heavy (non-hydrogen) atoms. The molecule has 0 aromatic rings. The Bertz CT molecular complexity index is 852. The van der Waals surface area contributed by atoms with Crippen LogP contribution < -0.4 is 0 Å². The maximum atomic E-state index is 12.6. The number of rotatable bonds is 7. The molecule has 0 amide bonds. The molecule has 0 heterocycles. The number of ether oxygens (including phenoxy) is 1. The van der Waals surface area contributed by atoms with E-state index in [4.69, 9.17) is 4.74 Å². The third kappa shape index (κ3) is 5.21. The van der Waals surface area contributed by atoms with Gasteiger partial charge in [0.05, 0.1) is 11.5 Å². The van der Waals surface area contributed by atoms with Gasteiger partial charge in [0.2, 0.25) is 0 Å². The largest absolute Gasteiger partial charge is 0.462 e. The maximum absolute atomic E-state index is 12.6. The van der Waals surface area contributed by atoms with Crippen molar-refractivity contribution in [2.45, 2.75) is 139 Å². The van der Waals surface area contributed by atoms with Gasteiger partial charge in [0.15, 0.2) is 0 Å². The Kier molecular flexibility index (Phi) is 8.37. The Morgan fingerprint density at radius 3 is 2.41 bits per heavy atom. The second kappa shape index (κ2) is 10.6. The van der Waals surface area contributed by atoms with Gasteiger partial charge >= 0.3 is 5.97 Å². The van der Waals surface area contributed by atoms with Gasteiger partial charge in [0.25, 0.3) is 0 Å². The summed E-state index contributed by atoms with van der Waals surface area (Å²) in [6.45, 7) is 20.3. The summed E-state index contributed by atoms with van der Waals surface area (Å²) in [5.41, 5.74) is 1.28. The third-order valence-electron chi connectivity index (χ3n) is 12.2. The molecule has 4 rings (SSSR count). The van der Waals surface area contributed by atoms with Crippen LogP contribution in [0.25, 0.3) is 0 Å². The van der Waals surface area contributed by atoms with Gasteiger partial charge in [0.1, 0.15) is 6.10 Å². The molecule has 10 atom stereocenters. The molecule has 4 aliphatic carbocycles. The van der Waals surface area contributed by atoms with Crippen LogP contribution in [0.3, 0.4) is 0 Å². The summed E-state index contributed by atoms with van der Waals surface area (Å²) in [6, 6.07) is 0. The molecular formula is C34H58O3. The van der Waals surface area contributed by atoms with Crippen LogP contribution in [-0.4, -0.2) is 23.3 Å². The van der Waals surface area contributed by atoms with E-state index in [0.29, 0.717) is 29.6 Å². The standard InChI is InChI=1S/C34H58O3/c1-10-23(21(2)3)12-11-22(4)27-15-16-28-26-14-13-24-19-25(37-31(36)32(5,6)7)17-18-33(24,8)29(26)20-30(35)34(27,28)9/h20-28,30,35H,10-19H2,1-9H3/t22-,23-,24+,25+,26+,27-,28+,30-,33+,34-/m1/s1. The highest BCUT2D eigenvalue weighted by Crippen LogP contribution is 2.66. The lowest BCUT2D eigenvalue weighted by Gasteiger charge is -2.58. The van der Waals surface area contributed by atoms with Crippen molar-refractivity contribution in [1.29, 1.82) is 0 Å². The molecule has 0 spiro atoms. The minimum absolute atomic E-state index is 0.00969. The lowest BCUT2D eigenvalue weighted by Crippen LogP contribution is -2.53. The molecule has 4 aliphatic rings. The number of carbonyl (C=O) groups is 1. The molecule has 0 aromatic heterocycles. The minimum atomic E-state index is -0.443. The van der Waals surface area contributed by atoms with Crippen molar-refractivity contribution in [3.8, 4) is 0 Å². The monoisotopic (exact) mass is 514 g/mol. The fourth-order valence-corrected chi connectivity index (χ4v) is 9.57. The summed E-state index contributed by atoms with van der Waals surface area (Å²) in [5, 5.41) is 11.8. The van der Waals surface area contributed by atoms with Crippen LogP contribution in [0.2, 0.25) is 0 Å². The van der Waals surface area contributed by atoms with Crippen LogP contribution >= 0.6 is 0 Å². The van der Waals surface area contributed by atoms with E-state index in [-0.39, 0.29) is 29.0 Å². The van der Waals surface area contributed by atoms with Crippen LogP contribution in [0, 0.1) is 57.7 Å². The van der Waals surface area contributed by atoms with Crippen molar-refractivity contribution in [3.05, 3.63) is 11.6 Å². The molecule has 212 valence electrons. The van der Waals surface area contributed by atoms with E-state index in [0.717, 1.165) is 31.1 Å². The van der Waals surface area contributed by atoms with E-state index in [1.807, 2.05) is 20.8 Å². The smallest absolute Gasteiger partial charge is 0.311 e. The molecule has 0 radical (unpaired) electrons. The number of esters is 1. The number of fused-ring (bicyclic) bond motifs is 5. The molecule has 1 N–H and O–H groups in total. The Balaban J connectivity index is 1.49. The summed E-state index contributed by atoms with van der Waals surface area (Å²) < 4.78 is 5.99. The fourth-order valence-electron chi connectivity index (χ4n) is 9.57. The first-order valence-corrected chi connectivity index (χ1v) is 15.8. The van der Waals surface area contributed by atoms with Gasteiger partial charge in [-0.1, -0.05) is 66.0 Å². The Morgan fingerprint density at radius 1 is 1.08 bits per heavy atom. The van der Waals surface area contributed by atoms with Crippen molar-refractivity contribution >= 4 is 5.97 Å². The van der Waals surface area contributed by atoms with Gasteiger partial charge in [-0.25, -0.2) is 0 Å².